The molecular weight excluding hydrogens is 861 g/mol. The van der Waals surface area contributed by atoms with Crippen molar-refractivity contribution in [1.82, 2.24) is 18.9 Å². The molecule has 2 N–H and O–H groups in total. The lowest BCUT2D eigenvalue weighted by molar-refractivity contribution is 0.0754. The van der Waals surface area contributed by atoms with Crippen molar-refractivity contribution < 1.29 is 19.8 Å². The van der Waals surface area contributed by atoms with Gasteiger partial charge >= 0.3 is 0 Å². The van der Waals surface area contributed by atoms with E-state index in [1.54, 1.807) is 119 Å². The van der Waals surface area contributed by atoms with Gasteiger partial charge in [0.1, 0.15) is 23.3 Å². The van der Waals surface area contributed by atoms with Crippen LogP contribution in [0.15, 0.2) is 139 Å². The number of hydrogen-bond donors (Lipinski definition) is 2. The van der Waals surface area contributed by atoms with E-state index >= 15 is 0 Å². The first-order valence-electron chi connectivity index (χ1n) is 22.5. The van der Waals surface area contributed by atoms with Crippen LogP contribution in [-0.2, 0) is 13.1 Å². The van der Waals surface area contributed by atoms with Crippen LogP contribution < -0.4 is 11.1 Å². The van der Waals surface area contributed by atoms with Gasteiger partial charge in [-0.05, 0) is 74.2 Å². The van der Waals surface area contributed by atoms with E-state index in [2.05, 4.69) is 20.5 Å². The largest absolute Gasteiger partial charge is 0.493 e. The van der Waals surface area contributed by atoms with Crippen molar-refractivity contribution in [2.75, 3.05) is 26.2 Å². The number of nitriles is 2. The molecule has 0 unspecified atom stereocenters. The van der Waals surface area contributed by atoms with E-state index in [0.717, 1.165) is 34.8 Å². The number of aromatic hydroxyl groups is 2. The highest BCUT2D eigenvalue weighted by atomic mass is 16.3. The summed E-state index contributed by atoms with van der Waals surface area (Å²) in [5.41, 5.74) is -1.14. The van der Waals surface area contributed by atoms with Crippen molar-refractivity contribution in [2.45, 2.75) is 66.5 Å². The van der Waals surface area contributed by atoms with E-state index in [1.165, 1.54) is 0 Å². The molecule has 2 heterocycles. The standard InChI is InChI=1S/C52H52N10O6/c1-5-9-27-59(7-3)47(63)37-23-17-25-39(31-37)55-57-45-43(35-19-13-11-14-20-35)41(33-53)49(65)61(51(45)67)29-30-62-50(66)42(34-54)44(36-21-15-12-16-22-36)46(52(62)68)58-56-40-26-18-24-38(32-40)48(64)60(8-4)28-10-6-2/h11-26,31-32,67-68H,5-10,27-30H2,1-4H3/b57-55+,58-56+. The molecule has 0 saturated carbocycles. The minimum Gasteiger partial charge on any atom is -0.493 e. The number of nitrogens with zero attached hydrogens (tertiary/aromatic N) is 10. The summed E-state index contributed by atoms with van der Waals surface area (Å²) in [6, 6.07) is 33.7. The minimum absolute atomic E-state index is 0.00428. The van der Waals surface area contributed by atoms with Crippen LogP contribution >= 0.6 is 0 Å². The molecule has 68 heavy (non-hydrogen) atoms. The fourth-order valence-corrected chi connectivity index (χ4v) is 7.66. The molecule has 0 radical (unpaired) electrons. The van der Waals surface area contributed by atoms with E-state index in [4.69, 9.17) is 0 Å². The van der Waals surface area contributed by atoms with Crippen LogP contribution in [0.5, 0.6) is 11.8 Å². The van der Waals surface area contributed by atoms with E-state index < -0.39 is 47.1 Å². The van der Waals surface area contributed by atoms with Gasteiger partial charge in [0.2, 0.25) is 11.8 Å². The van der Waals surface area contributed by atoms with Gasteiger partial charge in [0.25, 0.3) is 22.9 Å². The molecule has 346 valence electrons. The van der Waals surface area contributed by atoms with Crippen molar-refractivity contribution in [2.24, 2.45) is 20.5 Å². The van der Waals surface area contributed by atoms with Crippen LogP contribution in [0.4, 0.5) is 22.7 Å². The van der Waals surface area contributed by atoms with E-state index in [1.807, 2.05) is 39.8 Å². The van der Waals surface area contributed by atoms with Gasteiger partial charge in [-0.15, -0.1) is 10.2 Å². The first kappa shape index (κ1) is 48.9. The van der Waals surface area contributed by atoms with Crippen molar-refractivity contribution >= 4 is 34.6 Å². The quantitative estimate of drug-likeness (QED) is 0.0742. The molecule has 0 bridgehead atoms. The molecular formula is C52H52N10O6. The van der Waals surface area contributed by atoms with E-state index in [9.17, 15) is 39.9 Å². The van der Waals surface area contributed by atoms with Crippen molar-refractivity contribution in [1.29, 1.82) is 10.5 Å². The number of azo groups is 2. The Labute approximate surface area is 394 Å². The molecule has 0 aliphatic rings. The van der Waals surface area contributed by atoms with Crippen LogP contribution in [-0.4, -0.2) is 67.1 Å². The Morgan fingerprint density at radius 1 is 0.559 bits per heavy atom. The summed E-state index contributed by atoms with van der Waals surface area (Å²) in [4.78, 5) is 58.7. The summed E-state index contributed by atoms with van der Waals surface area (Å²) in [7, 11) is 0. The second-order valence-electron chi connectivity index (χ2n) is 15.7. The summed E-state index contributed by atoms with van der Waals surface area (Å²) in [5.74, 6) is -1.79. The zero-order valence-electron chi connectivity index (χ0n) is 38.5. The SMILES string of the molecule is CCCCN(CC)C(=O)c1cccc(/N=N/c2c(-c3ccccc3)c(C#N)c(=O)n(CCn3c(O)c(/N=N/c4cccc(C(=O)N(CC)CCCC)c4)c(-c4ccccc4)c(C#N)c3=O)c2O)c1. The first-order valence-corrected chi connectivity index (χ1v) is 22.5. The number of aromatic nitrogens is 2. The van der Waals surface area contributed by atoms with Crippen LogP contribution in [0.1, 0.15) is 85.2 Å². The first-order chi connectivity index (χ1) is 33.0. The number of benzene rings is 4. The Hall–Kier alpha value is -8.50. The molecule has 6 rings (SSSR count). The summed E-state index contributed by atoms with van der Waals surface area (Å²) in [5, 5.41) is 62.3. The number of carbonyl (C=O) groups is 2. The molecule has 16 heteroatoms. The second kappa shape index (κ2) is 23.1. The monoisotopic (exact) mass is 912 g/mol. The summed E-state index contributed by atoms with van der Waals surface area (Å²) in [6.07, 6.45) is 3.52. The van der Waals surface area contributed by atoms with Gasteiger partial charge < -0.3 is 20.0 Å². The average Bonchev–Trinajstić information content (AvgIpc) is 3.37. The Bertz CT molecular complexity index is 2850. The molecule has 2 amide bonds. The highest BCUT2D eigenvalue weighted by Gasteiger charge is 2.27. The Morgan fingerprint density at radius 3 is 1.28 bits per heavy atom. The fraction of sp³-hybridized carbons (Fsp3) is 0.269. The summed E-state index contributed by atoms with van der Waals surface area (Å²) in [6.45, 7) is 9.06. The van der Waals surface area contributed by atoms with Gasteiger partial charge in [-0.25, -0.2) is 0 Å². The zero-order chi connectivity index (χ0) is 48.7. The van der Waals surface area contributed by atoms with Gasteiger partial charge in [0, 0.05) is 61.5 Å². The molecule has 0 aliphatic carbocycles. The number of carbonyl (C=O) groups excluding carboxylic acids is 2. The third-order valence-electron chi connectivity index (χ3n) is 11.3. The van der Waals surface area contributed by atoms with Gasteiger partial charge in [0.05, 0.1) is 11.4 Å². The zero-order valence-corrected chi connectivity index (χ0v) is 38.5. The van der Waals surface area contributed by atoms with E-state index in [0.29, 0.717) is 48.4 Å². The lowest BCUT2D eigenvalue weighted by Gasteiger charge is -2.20. The molecule has 0 aliphatic heterocycles. The Morgan fingerprint density at radius 2 is 0.941 bits per heavy atom. The predicted molar refractivity (Wildman–Crippen MR) is 259 cm³/mol. The van der Waals surface area contributed by atoms with Crippen molar-refractivity contribution in [3.05, 3.63) is 152 Å². The highest BCUT2D eigenvalue weighted by molar-refractivity contribution is 5.95. The second-order valence-corrected chi connectivity index (χ2v) is 15.7. The maximum atomic E-state index is 14.2. The number of hydrogen-bond acceptors (Lipinski definition) is 12. The minimum atomic E-state index is -0.929. The van der Waals surface area contributed by atoms with Crippen LogP contribution in [0, 0.1) is 22.7 Å². The Kier molecular flexibility index (Phi) is 16.6. The van der Waals surface area contributed by atoms with Crippen molar-refractivity contribution in [3.8, 4) is 46.2 Å². The summed E-state index contributed by atoms with van der Waals surface area (Å²) >= 11 is 0. The number of unbranched alkanes of at least 4 members (excludes halogenated alkanes) is 2. The normalized spacial score (nSPS) is 11.1. The maximum absolute atomic E-state index is 14.2. The summed E-state index contributed by atoms with van der Waals surface area (Å²) < 4.78 is 1.66. The third-order valence-corrected chi connectivity index (χ3v) is 11.3. The maximum Gasteiger partial charge on any atom is 0.272 e. The molecule has 0 atom stereocenters. The smallest absolute Gasteiger partial charge is 0.272 e. The third kappa shape index (κ3) is 10.8. The average molecular weight is 913 g/mol. The van der Waals surface area contributed by atoms with Crippen LogP contribution in [0.25, 0.3) is 22.3 Å². The van der Waals surface area contributed by atoms with Gasteiger partial charge in [0.15, 0.2) is 11.4 Å². The number of rotatable bonds is 19. The van der Waals surface area contributed by atoms with E-state index in [-0.39, 0.29) is 45.7 Å². The molecule has 0 saturated heterocycles. The molecule has 6 aromatic rings. The molecule has 4 aromatic carbocycles. The molecule has 0 fully saturated rings. The lowest BCUT2D eigenvalue weighted by Crippen LogP contribution is -2.31. The van der Waals surface area contributed by atoms with Crippen LogP contribution in [0.3, 0.4) is 0 Å². The topological polar surface area (TPSA) is 222 Å². The van der Waals surface area contributed by atoms with Crippen molar-refractivity contribution in [3.63, 3.8) is 0 Å². The molecule has 2 aromatic heterocycles. The predicted octanol–water partition coefficient (Wildman–Crippen LogP) is 10.6. The lowest BCUT2D eigenvalue weighted by atomic mass is 9.99. The molecule has 16 nitrogen and oxygen atoms in total. The molecule has 0 spiro atoms. The number of amides is 2. The number of pyridine rings is 2. The fourth-order valence-electron chi connectivity index (χ4n) is 7.66. The highest BCUT2D eigenvalue weighted by Crippen LogP contribution is 2.42. The van der Waals surface area contributed by atoms with Gasteiger partial charge in [-0.2, -0.15) is 20.8 Å². The van der Waals surface area contributed by atoms with Gasteiger partial charge in [-0.3, -0.25) is 28.3 Å². The Balaban J connectivity index is 1.45. The van der Waals surface area contributed by atoms with Crippen LogP contribution in [0.2, 0.25) is 0 Å². The van der Waals surface area contributed by atoms with Gasteiger partial charge in [-0.1, -0.05) is 99.5 Å².